The van der Waals surface area contributed by atoms with Crippen molar-refractivity contribution in [2.45, 2.75) is 26.9 Å². The minimum absolute atomic E-state index is 0.180. The first kappa shape index (κ1) is 12.8. The Morgan fingerprint density at radius 1 is 1.00 bits per heavy atom. The van der Waals surface area contributed by atoms with Crippen molar-refractivity contribution in [3.05, 3.63) is 70.5 Å². The third-order valence-electron chi connectivity index (χ3n) is 3.25. The van der Waals surface area contributed by atoms with Crippen LogP contribution in [0.25, 0.3) is 0 Å². The van der Waals surface area contributed by atoms with Crippen LogP contribution in [-0.4, -0.2) is 0 Å². The summed E-state index contributed by atoms with van der Waals surface area (Å²) in [6, 6.07) is 13.0. The molecule has 2 aromatic carbocycles. The van der Waals surface area contributed by atoms with Gasteiger partial charge in [0.1, 0.15) is 5.82 Å². The normalized spacial score (nSPS) is 10.6. The topological polar surface area (TPSA) is 12.0 Å². The van der Waals surface area contributed by atoms with Gasteiger partial charge < -0.3 is 5.32 Å². The van der Waals surface area contributed by atoms with E-state index in [0.29, 0.717) is 6.54 Å². The van der Waals surface area contributed by atoms with Gasteiger partial charge in [-0.15, -0.1) is 0 Å². The fourth-order valence-electron chi connectivity index (χ4n) is 1.99. The van der Waals surface area contributed by atoms with Crippen molar-refractivity contribution in [2.24, 2.45) is 0 Å². The Hall–Kier alpha value is -1.67. The highest BCUT2D eigenvalue weighted by Crippen LogP contribution is 2.12. The molecular weight excluding hydrogens is 225 g/mol. The van der Waals surface area contributed by atoms with Gasteiger partial charge >= 0.3 is 0 Å². The lowest BCUT2D eigenvalue weighted by Gasteiger charge is -2.10. The molecule has 0 aliphatic heterocycles. The van der Waals surface area contributed by atoms with Crippen molar-refractivity contribution in [1.82, 2.24) is 5.32 Å². The van der Waals surface area contributed by atoms with Crippen LogP contribution in [0.1, 0.15) is 22.3 Å². The van der Waals surface area contributed by atoms with Crippen LogP contribution in [0.4, 0.5) is 4.39 Å². The molecule has 2 rings (SSSR count). The molecule has 0 spiro atoms. The minimum atomic E-state index is -0.180. The van der Waals surface area contributed by atoms with Gasteiger partial charge in [0, 0.05) is 13.1 Å². The van der Waals surface area contributed by atoms with E-state index in [-0.39, 0.29) is 5.82 Å². The predicted octanol–water partition coefficient (Wildman–Crippen LogP) is 3.73. The van der Waals surface area contributed by atoms with Gasteiger partial charge in [-0.05, 0) is 48.2 Å². The van der Waals surface area contributed by atoms with Crippen molar-refractivity contribution in [2.75, 3.05) is 0 Å². The minimum Gasteiger partial charge on any atom is -0.309 e. The molecular formula is C16H18FN. The number of halogens is 1. The average Bonchev–Trinajstić information content (AvgIpc) is 2.35. The van der Waals surface area contributed by atoms with Crippen LogP contribution < -0.4 is 5.32 Å². The lowest BCUT2D eigenvalue weighted by molar-refractivity contribution is 0.620. The second-order valence-corrected chi connectivity index (χ2v) is 4.59. The van der Waals surface area contributed by atoms with E-state index in [4.69, 9.17) is 0 Å². The highest BCUT2D eigenvalue weighted by atomic mass is 19.1. The molecule has 2 heteroatoms. The van der Waals surface area contributed by atoms with E-state index in [1.165, 1.54) is 22.8 Å². The fraction of sp³-hybridized carbons (Fsp3) is 0.250. The lowest BCUT2D eigenvalue weighted by Crippen LogP contribution is -2.13. The number of aryl methyl sites for hydroxylation is 1. The maximum absolute atomic E-state index is 13.0. The Morgan fingerprint density at radius 2 is 1.78 bits per heavy atom. The van der Waals surface area contributed by atoms with Crippen LogP contribution in [0.2, 0.25) is 0 Å². The highest BCUT2D eigenvalue weighted by molar-refractivity contribution is 5.33. The van der Waals surface area contributed by atoms with Crippen molar-refractivity contribution < 1.29 is 4.39 Å². The lowest BCUT2D eigenvalue weighted by atomic mass is 10.0. The predicted molar refractivity (Wildman–Crippen MR) is 72.9 cm³/mol. The second kappa shape index (κ2) is 5.78. The molecule has 0 aliphatic rings. The maximum atomic E-state index is 13.0. The third-order valence-corrected chi connectivity index (χ3v) is 3.25. The van der Waals surface area contributed by atoms with Gasteiger partial charge in [-0.2, -0.15) is 0 Å². The zero-order valence-electron chi connectivity index (χ0n) is 10.8. The molecule has 0 heterocycles. The monoisotopic (exact) mass is 243 g/mol. The smallest absolute Gasteiger partial charge is 0.123 e. The van der Waals surface area contributed by atoms with Crippen molar-refractivity contribution in [3.63, 3.8) is 0 Å². The Bertz CT molecular complexity index is 534. The maximum Gasteiger partial charge on any atom is 0.123 e. The van der Waals surface area contributed by atoms with Gasteiger partial charge in [-0.25, -0.2) is 4.39 Å². The zero-order valence-corrected chi connectivity index (χ0v) is 10.8. The molecule has 0 amide bonds. The number of benzene rings is 2. The summed E-state index contributed by atoms with van der Waals surface area (Å²) in [4.78, 5) is 0. The molecule has 94 valence electrons. The van der Waals surface area contributed by atoms with E-state index < -0.39 is 0 Å². The van der Waals surface area contributed by atoms with Crippen LogP contribution in [0, 0.1) is 19.7 Å². The Labute approximate surface area is 108 Å². The Kier molecular flexibility index (Phi) is 4.11. The number of nitrogens with one attached hydrogen (secondary N) is 1. The SMILES string of the molecule is Cc1cccc(CNCc2cccc(F)c2)c1C. The molecule has 0 fully saturated rings. The van der Waals surface area contributed by atoms with Crippen molar-refractivity contribution >= 4 is 0 Å². The summed E-state index contributed by atoms with van der Waals surface area (Å²) in [7, 11) is 0. The summed E-state index contributed by atoms with van der Waals surface area (Å²) in [5, 5.41) is 3.35. The van der Waals surface area contributed by atoms with E-state index >= 15 is 0 Å². The molecule has 2 aromatic rings. The summed E-state index contributed by atoms with van der Waals surface area (Å²) in [5.41, 5.74) is 4.90. The van der Waals surface area contributed by atoms with E-state index in [0.717, 1.165) is 12.1 Å². The molecule has 18 heavy (non-hydrogen) atoms. The average molecular weight is 243 g/mol. The third kappa shape index (κ3) is 3.17. The van der Waals surface area contributed by atoms with Crippen molar-refractivity contribution in [3.8, 4) is 0 Å². The van der Waals surface area contributed by atoms with Gasteiger partial charge in [0.2, 0.25) is 0 Å². The molecule has 0 aliphatic carbocycles. The van der Waals surface area contributed by atoms with Crippen LogP contribution in [-0.2, 0) is 13.1 Å². The molecule has 0 atom stereocenters. The summed E-state index contributed by atoms with van der Waals surface area (Å²) in [6.07, 6.45) is 0. The van der Waals surface area contributed by atoms with Crippen LogP contribution >= 0.6 is 0 Å². The second-order valence-electron chi connectivity index (χ2n) is 4.59. The van der Waals surface area contributed by atoms with Crippen molar-refractivity contribution in [1.29, 1.82) is 0 Å². The van der Waals surface area contributed by atoms with Gasteiger partial charge in [0.05, 0.1) is 0 Å². The van der Waals surface area contributed by atoms with Gasteiger partial charge in [-0.1, -0.05) is 30.3 Å². The molecule has 1 N–H and O–H groups in total. The highest BCUT2D eigenvalue weighted by Gasteiger charge is 2.00. The van der Waals surface area contributed by atoms with Gasteiger partial charge in [-0.3, -0.25) is 0 Å². The van der Waals surface area contributed by atoms with Gasteiger partial charge in [0.15, 0.2) is 0 Å². The van der Waals surface area contributed by atoms with E-state index in [1.54, 1.807) is 12.1 Å². The van der Waals surface area contributed by atoms with E-state index in [2.05, 4.69) is 37.4 Å². The van der Waals surface area contributed by atoms with Crippen LogP contribution in [0.15, 0.2) is 42.5 Å². The molecule has 1 nitrogen and oxygen atoms in total. The summed E-state index contributed by atoms with van der Waals surface area (Å²) in [5.74, 6) is -0.180. The van der Waals surface area contributed by atoms with E-state index in [1.807, 2.05) is 6.07 Å². The first-order valence-electron chi connectivity index (χ1n) is 6.17. The molecule has 0 unspecified atom stereocenters. The first-order chi connectivity index (χ1) is 8.66. The molecule has 0 aromatic heterocycles. The van der Waals surface area contributed by atoms with E-state index in [9.17, 15) is 4.39 Å². The number of hydrogen-bond acceptors (Lipinski definition) is 1. The Morgan fingerprint density at radius 3 is 2.56 bits per heavy atom. The Balaban J connectivity index is 1.94. The standard InChI is InChI=1S/C16H18FN/c1-12-5-3-7-15(13(12)2)11-18-10-14-6-4-8-16(17)9-14/h3-9,18H,10-11H2,1-2H3. The summed E-state index contributed by atoms with van der Waals surface area (Å²) in [6.45, 7) is 5.75. The molecule has 0 saturated heterocycles. The first-order valence-corrected chi connectivity index (χ1v) is 6.17. The molecule has 0 saturated carbocycles. The summed E-state index contributed by atoms with van der Waals surface area (Å²) < 4.78 is 13.0. The van der Waals surface area contributed by atoms with Crippen LogP contribution in [0.3, 0.4) is 0 Å². The largest absolute Gasteiger partial charge is 0.309 e. The quantitative estimate of drug-likeness (QED) is 0.862. The van der Waals surface area contributed by atoms with Gasteiger partial charge in [0.25, 0.3) is 0 Å². The molecule has 0 bridgehead atoms. The van der Waals surface area contributed by atoms with Crippen LogP contribution in [0.5, 0.6) is 0 Å². The number of hydrogen-bond donors (Lipinski definition) is 1. The summed E-state index contributed by atoms with van der Waals surface area (Å²) >= 11 is 0. The zero-order chi connectivity index (χ0) is 13.0. The fourth-order valence-corrected chi connectivity index (χ4v) is 1.99. The number of rotatable bonds is 4. The molecule has 0 radical (unpaired) electrons.